The summed E-state index contributed by atoms with van der Waals surface area (Å²) >= 11 is 0. The Hall–Kier alpha value is -1.54. The molecule has 1 saturated heterocycles. The molecule has 2 N–H and O–H groups in total. The van der Waals surface area contributed by atoms with Gasteiger partial charge in [0.25, 0.3) is 5.91 Å². The van der Waals surface area contributed by atoms with E-state index in [9.17, 15) is 18.0 Å². The van der Waals surface area contributed by atoms with Gasteiger partial charge in [0.05, 0.1) is 17.7 Å². The smallest absolute Gasteiger partial charge is 0.382 e. The summed E-state index contributed by atoms with van der Waals surface area (Å²) in [5.74, 6) is -0.635. The first-order valence-corrected chi connectivity index (χ1v) is 7.53. The number of carbonyl (C=O) groups excluding carboxylic acids is 1. The number of nitrogens with one attached hydrogen (secondary N) is 1. The average molecular weight is 334 g/mol. The van der Waals surface area contributed by atoms with Crippen LogP contribution in [0.3, 0.4) is 0 Å². The highest BCUT2D eigenvalue weighted by Gasteiger charge is 2.42. The van der Waals surface area contributed by atoms with Crippen molar-refractivity contribution in [2.24, 2.45) is 0 Å². The summed E-state index contributed by atoms with van der Waals surface area (Å²) in [7, 11) is 0. The summed E-state index contributed by atoms with van der Waals surface area (Å²) in [5.41, 5.74) is 0.955. The Balaban J connectivity index is 2.01. The number of amides is 1. The second kappa shape index (κ2) is 6.92. The fourth-order valence-electron chi connectivity index (χ4n) is 2.64. The Labute approximate surface area is 132 Å². The zero-order chi connectivity index (χ0) is 17.2. The van der Waals surface area contributed by atoms with E-state index in [1.165, 1.54) is 0 Å². The number of hydrogen-bond acceptors (Lipinski definition) is 3. The van der Waals surface area contributed by atoms with Crippen LogP contribution in [-0.2, 0) is 11.3 Å². The van der Waals surface area contributed by atoms with Crippen molar-refractivity contribution in [2.75, 3.05) is 6.61 Å². The molecule has 2 unspecified atom stereocenters. The molecule has 1 aliphatic heterocycles. The Morgan fingerprint density at radius 3 is 2.83 bits per heavy atom. The number of halogens is 3. The molecule has 1 fully saturated rings. The molecule has 0 radical (unpaired) electrons. The van der Waals surface area contributed by atoms with Gasteiger partial charge in [0.2, 0.25) is 0 Å². The van der Waals surface area contributed by atoms with Crippen LogP contribution in [0.5, 0.6) is 0 Å². The maximum absolute atomic E-state index is 12.4. The van der Waals surface area contributed by atoms with E-state index in [2.05, 4.69) is 5.32 Å². The van der Waals surface area contributed by atoms with Gasteiger partial charge in [-0.25, -0.2) is 0 Å². The normalized spacial score (nSPS) is 21.2. The van der Waals surface area contributed by atoms with Crippen molar-refractivity contribution >= 4 is 5.91 Å². The van der Waals surface area contributed by atoms with Crippen LogP contribution in [0.4, 0.5) is 13.2 Å². The lowest BCUT2D eigenvalue weighted by molar-refractivity contribution is -0.209. The van der Waals surface area contributed by atoms with Crippen LogP contribution in [0.1, 0.15) is 35.8 Å². The highest BCUT2D eigenvalue weighted by Crippen LogP contribution is 2.23. The summed E-state index contributed by atoms with van der Waals surface area (Å²) in [4.78, 5) is 12.1. The molecular formula is C15H21F3N2O3. The Kier molecular flexibility index (Phi) is 5.36. The topological polar surface area (TPSA) is 63.5 Å². The van der Waals surface area contributed by atoms with Crippen LogP contribution in [0.25, 0.3) is 0 Å². The van der Waals surface area contributed by atoms with Gasteiger partial charge in [-0.2, -0.15) is 13.2 Å². The fourth-order valence-corrected chi connectivity index (χ4v) is 2.64. The van der Waals surface area contributed by atoms with Crippen molar-refractivity contribution in [1.82, 2.24) is 9.88 Å². The van der Waals surface area contributed by atoms with Crippen molar-refractivity contribution in [1.29, 1.82) is 0 Å². The molecule has 0 spiro atoms. The summed E-state index contributed by atoms with van der Waals surface area (Å²) < 4.78 is 44.7. The second-order valence-electron chi connectivity index (χ2n) is 5.85. The first-order chi connectivity index (χ1) is 10.7. The Morgan fingerprint density at radius 2 is 2.26 bits per heavy atom. The predicted octanol–water partition coefficient (Wildman–Crippen LogP) is 2.02. The van der Waals surface area contributed by atoms with Gasteiger partial charge in [-0.05, 0) is 32.8 Å². The van der Waals surface area contributed by atoms with Gasteiger partial charge in [-0.3, -0.25) is 4.79 Å². The summed E-state index contributed by atoms with van der Waals surface area (Å²) in [5, 5.41) is 11.3. The summed E-state index contributed by atoms with van der Waals surface area (Å²) in [6, 6.07) is 0.134. The monoisotopic (exact) mass is 334 g/mol. The van der Waals surface area contributed by atoms with Gasteiger partial charge >= 0.3 is 6.18 Å². The number of aliphatic hydroxyl groups excluding tert-OH is 1. The van der Waals surface area contributed by atoms with E-state index in [0.29, 0.717) is 17.8 Å². The molecule has 2 heterocycles. The minimum Gasteiger partial charge on any atom is -0.382 e. The van der Waals surface area contributed by atoms with E-state index in [-0.39, 0.29) is 6.10 Å². The first kappa shape index (κ1) is 17.8. The van der Waals surface area contributed by atoms with Gasteiger partial charge in [0, 0.05) is 25.0 Å². The van der Waals surface area contributed by atoms with Crippen molar-refractivity contribution in [2.45, 2.75) is 57.7 Å². The lowest BCUT2D eigenvalue weighted by Gasteiger charge is -2.22. The Morgan fingerprint density at radius 1 is 1.57 bits per heavy atom. The minimum absolute atomic E-state index is 0.1000. The van der Waals surface area contributed by atoms with E-state index in [1.54, 1.807) is 19.2 Å². The third-order valence-electron chi connectivity index (χ3n) is 4.08. The first-order valence-electron chi connectivity index (χ1n) is 7.53. The molecule has 2 rings (SSSR count). The van der Waals surface area contributed by atoms with E-state index in [4.69, 9.17) is 9.84 Å². The van der Waals surface area contributed by atoms with Crippen molar-refractivity contribution in [3.05, 3.63) is 23.5 Å². The maximum Gasteiger partial charge on any atom is 0.416 e. The largest absolute Gasteiger partial charge is 0.416 e. The van der Waals surface area contributed by atoms with E-state index in [1.807, 2.05) is 4.57 Å². The van der Waals surface area contributed by atoms with Gasteiger partial charge in [-0.15, -0.1) is 0 Å². The molecule has 5 nitrogen and oxygen atoms in total. The number of aliphatic hydroxyl groups is 1. The third kappa shape index (κ3) is 4.26. The van der Waals surface area contributed by atoms with Gasteiger partial charge < -0.3 is 19.7 Å². The van der Waals surface area contributed by atoms with E-state index in [0.717, 1.165) is 26.4 Å². The number of hydrogen-bond donors (Lipinski definition) is 2. The molecule has 8 heteroatoms. The second-order valence-corrected chi connectivity index (χ2v) is 5.85. The number of rotatable bonds is 5. The molecule has 0 aliphatic carbocycles. The van der Waals surface area contributed by atoms with Crippen LogP contribution in [0.15, 0.2) is 12.3 Å². The number of carbonyl (C=O) groups is 1. The van der Waals surface area contributed by atoms with E-state index < -0.39 is 24.2 Å². The molecule has 0 saturated carbocycles. The van der Waals surface area contributed by atoms with Crippen molar-refractivity contribution < 1.29 is 27.8 Å². The standard InChI is InChI=1S/C15H21F3N2O3/c1-9(13(21)15(16,17)18)19-14(22)12-5-6-20(10(12)2)8-11-4-3-7-23-11/h5-6,9,11,13,21H,3-4,7-8H2,1-2H3,(H,19,22)/t9?,11-,13?/m1/s1. The lowest BCUT2D eigenvalue weighted by atomic mass is 10.1. The molecule has 1 aliphatic rings. The van der Waals surface area contributed by atoms with Crippen LogP contribution in [-0.4, -0.2) is 46.6 Å². The lowest BCUT2D eigenvalue weighted by Crippen LogP contribution is -2.48. The molecular weight excluding hydrogens is 313 g/mol. The molecule has 3 atom stereocenters. The fraction of sp³-hybridized carbons (Fsp3) is 0.667. The van der Waals surface area contributed by atoms with Crippen LogP contribution in [0, 0.1) is 6.92 Å². The summed E-state index contributed by atoms with van der Waals surface area (Å²) in [6.45, 7) is 4.19. The quantitative estimate of drug-likeness (QED) is 0.866. The molecule has 0 aromatic carbocycles. The third-order valence-corrected chi connectivity index (χ3v) is 4.08. The molecule has 1 aromatic heterocycles. The zero-order valence-electron chi connectivity index (χ0n) is 13.1. The number of alkyl halides is 3. The van der Waals surface area contributed by atoms with Crippen molar-refractivity contribution in [3.8, 4) is 0 Å². The minimum atomic E-state index is -4.77. The van der Waals surface area contributed by atoms with E-state index >= 15 is 0 Å². The number of nitrogens with zero attached hydrogens (tertiary/aromatic N) is 1. The predicted molar refractivity (Wildman–Crippen MR) is 77.1 cm³/mol. The zero-order valence-corrected chi connectivity index (χ0v) is 13.1. The number of ether oxygens (including phenoxy) is 1. The van der Waals surface area contributed by atoms with Gasteiger partial charge in [0.15, 0.2) is 6.10 Å². The molecule has 130 valence electrons. The summed E-state index contributed by atoms with van der Waals surface area (Å²) in [6.07, 6.45) is -3.59. The van der Waals surface area contributed by atoms with Crippen molar-refractivity contribution in [3.63, 3.8) is 0 Å². The van der Waals surface area contributed by atoms with Crippen LogP contribution in [0.2, 0.25) is 0 Å². The highest BCUT2D eigenvalue weighted by atomic mass is 19.4. The maximum atomic E-state index is 12.4. The van der Waals surface area contributed by atoms with Gasteiger partial charge in [0.1, 0.15) is 0 Å². The molecule has 23 heavy (non-hydrogen) atoms. The average Bonchev–Trinajstić information content (AvgIpc) is 3.08. The van der Waals surface area contributed by atoms with Crippen LogP contribution < -0.4 is 5.32 Å². The van der Waals surface area contributed by atoms with Crippen LogP contribution >= 0.6 is 0 Å². The SMILES string of the molecule is Cc1c(C(=O)NC(C)C(O)C(F)(F)F)ccn1C[C@H]1CCCO1. The number of aromatic nitrogens is 1. The molecule has 0 bridgehead atoms. The molecule has 1 amide bonds. The van der Waals surface area contributed by atoms with Gasteiger partial charge in [-0.1, -0.05) is 0 Å². The highest BCUT2D eigenvalue weighted by molar-refractivity contribution is 5.95. The Bertz CT molecular complexity index is 551. The molecule has 1 aromatic rings.